The molecule has 0 aliphatic heterocycles. The second-order valence-corrected chi connectivity index (χ2v) is 5.99. The van der Waals surface area contributed by atoms with Gasteiger partial charge in [-0.15, -0.1) is 0 Å². The van der Waals surface area contributed by atoms with E-state index in [0.29, 0.717) is 11.7 Å². The van der Waals surface area contributed by atoms with Crippen LogP contribution in [-0.2, 0) is 4.79 Å². The fourth-order valence-corrected chi connectivity index (χ4v) is 2.73. The van der Waals surface area contributed by atoms with E-state index in [1.54, 1.807) is 0 Å². The Hall–Kier alpha value is -0.330. The first kappa shape index (κ1) is 9.23. The zero-order valence-corrected chi connectivity index (χ0v) is 9.18. The summed E-state index contributed by atoms with van der Waals surface area (Å²) in [6, 6.07) is 0. The molecule has 0 aromatic heterocycles. The first-order valence-corrected chi connectivity index (χ1v) is 5.40. The Kier molecular flexibility index (Phi) is 1.68. The van der Waals surface area contributed by atoms with Gasteiger partial charge in [-0.25, -0.2) is 0 Å². The van der Waals surface area contributed by atoms with E-state index in [4.69, 9.17) is 0 Å². The summed E-state index contributed by atoms with van der Waals surface area (Å²) in [5, 5.41) is 0. The van der Waals surface area contributed by atoms with Crippen molar-refractivity contribution in [3.63, 3.8) is 0 Å². The van der Waals surface area contributed by atoms with E-state index in [1.807, 2.05) is 0 Å². The summed E-state index contributed by atoms with van der Waals surface area (Å²) in [4.78, 5) is 11.9. The lowest BCUT2D eigenvalue weighted by atomic mass is 10.0. The Morgan fingerprint density at radius 1 is 1.15 bits per heavy atom. The van der Waals surface area contributed by atoms with Gasteiger partial charge in [0.1, 0.15) is 5.78 Å². The third kappa shape index (κ3) is 1.24. The molecule has 0 radical (unpaired) electrons. The Morgan fingerprint density at radius 3 is 1.92 bits per heavy atom. The molecular formula is C12H20O. The van der Waals surface area contributed by atoms with Gasteiger partial charge in [0.2, 0.25) is 0 Å². The van der Waals surface area contributed by atoms with Gasteiger partial charge in [0.25, 0.3) is 0 Å². The molecular weight excluding hydrogens is 160 g/mol. The van der Waals surface area contributed by atoms with E-state index in [2.05, 4.69) is 27.7 Å². The topological polar surface area (TPSA) is 17.1 Å². The summed E-state index contributed by atoms with van der Waals surface area (Å²) in [6.45, 7) is 8.90. The summed E-state index contributed by atoms with van der Waals surface area (Å²) in [7, 11) is 0. The molecule has 0 unspecified atom stereocenters. The Bertz CT molecular complexity index is 232. The summed E-state index contributed by atoms with van der Waals surface area (Å²) in [6.07, 6.45) is 3.44. The number of hydrogen-bond acceptors (Lipinski definition) is 1. The number of Topliss-reactive ketones (excluding diaryl/α,β-unsaturated/α-hetero) is 1. The Morgan fingerprint density at radius 2 is 1.62 bits per heavy atom. The fraction of sp³-hybridized carbons (Fsp3) is 0.917. The molecule has 0 atom stereocenters. The van der Waals surface area contributed by atoms with Crippen molar-refractivity contribution in [1.82, 2.24) is 0 Å². The minimum absolute atomic E-state index is 0.249. The Labute approximate surface area is 80.9 Å². The molecule has 2 rings (SSSR count). The molecule has 2 fully saturated rings. The van der Waals surface area contributed by atoms with Gasteiger partial charge >= 0.3 is 0 Å². The molecule has 1 heteroatoms. The number of rotatable bonds is 3. The van der Waals surface area contributed by atoms with Crippen LogP contribution in [0.3, 0.4) is 0 Å². The first-order valence-electron chi connectivity index (χ1n) is 5.40. The summed E-state index contributed by atoms with van der Waals surface area (Å²) < 4.78 is 0. The van der Waals surface area contributed by atoms with Crippen molar-refractivity contribution >= 4 is 5.78 Å². The maximum absolute atomic E-state index is 11.9. The molecule has 0 heterocycles. The van der Waals surface area contributed by atoms with Crippen LogP contribution < -0.4 is 0 Å². The molecule has 74 valence electrons. The molecule has 0 spiro atoms. The smallest absolute Gasteiger partial charge is 0.137 e. The molecule has 0 bridgehead atoms. The SMILES string of the molecule is CC1(C)C(C(=O)CC2CC2)C1(C)C. The Balaban J connectivity index is 1.99. The van der Waals surface area contributed by atoms with Crippen LogP contribution in [0.5, 0.6) is 0 Å². The summed E-state index contributed by atoms with van der Waals surface area (Å²) in [5.41, 5.74) is 0.498. The van der Waals surface area contributed by atoms with E-state index in [9.17, 15) is 4.79 Å². The lowest BCUT2D eigenvalue weighted by molar-refractivity contribution is -0.121. The van der Waals surface area contributed by atoms with Gasteiger partial charge in [0.05, 0.1) is 0 Å². The van der Waals surface area contributed by atoms with Crippen LogP contribution in [-0.4, -0.2) is 5.78 Å². The summed E-state index contributed by atoms with van der Waals surface area (Å²) >= 11 is 0. The lowest BCUT2D eigenvalue weighted by Gasteiger charge is -2.03. The molecule has 0 N–H and O–H groups in total. The van der Waals surface area contributed by atoms with Crippen molar-refractivity contribution in [2.75, 3.05) is 0 Å². The van der Waals surface area contributed by atoms with Crippen molar-refractivity contribution in [2.45, 2.75) is 47.0 Å². The van der Waals surface area contributed by atoms with Crippen molar-refractivity contribution < 1.29 is 4.79 Å². The molecule has 13 heavy (non-hydrogen) atoms. The normalized spacial score (nSPS) is 30.2. The number of ketones is 1. The van der Waals surface area contributed by atoms with Crippen LogP contribution in [0.25, 0.3) is 0 Å². The van der Waals surface area contributed by atoms with Gasteiger partial charge < -0.3 is 0 Å². The quantitative estimate of drug-likeness (QED) is 0.652. The maximum Gasteiger partial charge on any atom is 0.137 e. The minimum Gasteiger partial charge on any atom is -0.299 e. The van der Waals surface area contributed by atoms with Gasteiger partial charge in [-0.1, -0.05) is 27.7 Å². The number of hydrogen-bond donors (Lipinski definition) is 0. The van der Waals surface area contributed by atoms with Crippen molar-refractivity contribution in [2.24, 2.45) is 22.7 Å². The summed E-state index contributed by atoms with van der Waals surface area (Å²) in [5.74, 6) is 1.61. The third-order valence-electron chi connectivity index (χ3n) is 4.53. The second-order valence-electron chi connectivity index (χ2n) is 5.99. The van der Waals surface area contributed by atoms with E-state index in [-0.39, 0.29) is 10.8 Å². The van der Waals surface area contributed by atoms with Crippen LogP contribution in [0, 0.1) is 22.7 Å². The van der Waals surface area contributed by atoms with Gasteiger partial charge in [-0.3, -0.25) is 4.79 Å². The maximum atomic E-state index is 11.9. The zero-order chi connectivity index (χ0) is 9.85. The molecule has 2 saturated carbocycles. The average molecular weight is 180 g/mol. The molecule has 0 aromatic rings. The van der Waals surface area contributed by atoms with Gasteiger partial charge in [-0.2, -0.15) is 0 Å². The highest BCUT2D eigenvalue weighted by Crippen LogP contribution is 2.69. The fourth-order valence-electron chi connectivity index (χ4n) is 2.73. The van der Waals surface area contributed by atoms with E-state index >= 15 is 0 Å². The molecule has 2 aliphatic rings. The largest absolute Gasteiger partial charge is 0.299 e. The van der Waals surface area contributed by atoms with Crippen LogP contribution in [0.15, 0.2) is 0 Å². The zero-order valence-electron chi connectivity index (χ0n) is 9.18. The molecule has 0 amide bonds. The van der Waals surface area contributed by atoms with E-state index in [0.717, 1.165) is 12.3 Å². The van der Waals surface area contributed by atoms with Crippen molar-refractivity contribution in [3.8, 4) is 0 Å². The molecule has 0 aromatic carbocycles. The molecule has 1 nitrogen and oxygen atoms in total. The van der Waals surface area contributed by atoms with Gasteiger partial charge in [0, 0.05) is 12.3 Å². The number of carbonyl (C=O) groups excluding carboxylic acids is 1. The van der Waals surface area contributed by atoms with Crippen molar-refractivity contribution in [1.29, 1.82) is 0 Å². The minimum atomic E-state index is 0.249. The highest BCUT2D eigenvalue weighted by atomic mass is 16.1. The average Bonchev–Trinajstić information content (AvgIpc) is 2.75. The van der Waals surface area contributed by atoms with E-state index in [1.165, 1.54) is 12.8 Å². The predicted octanol–water partition coefficient (Wildman–Crippen LogP) is 3.04. The lowest BCUT2D eigenvalue weighted by Crippen LogP contribution is -2.07. The predicted molar refractivity (Wildman–Crippen MR) is 53.4 cm³/mol. The van der Waals surface area contributed by atoms with Gasteiger partial charge in [0.15, 0.2) is 0 Å². The van der Waals surface area contributed by atoms with Gasteiger partial charge in [-0.05, 0) is 29.6 Å². The highest BCUT2D eigenvalue weighted by Gasteiger charge is 2.67. The standard InChI is InChI=1S/C12H20O/c1-11(2)10(12(11,3)4)9(13)7-8-5-6-8/h8,10H,5-7H2,1-4H3. The molecule has 0 saturated heterocycles. The van der Waals surface area contributed by atoms with Crippen LogP contribution in [0.1, 0.15) is 47.0 Å². The first-order chi connectivity index (χ1) is 5.87. The second kappa shape index (κ2) is 2.37. The monoisotopic (exact) mass is 180 g/mol. The third-order valence-corrected chi connectivity index (χ3v) is 4.53. The molecule has 2 aliphatic carbocycles. The van der Waals surface area contributed by atoms with Crippen LogP contribution in [0.4, 0.5) is 0 Å². The van der Waals surface area contributed by atoms with Crippen molar-refractivity contribution in [3.05, 3.63) is 0 Å². The van der Waals surface area contributed by atoms with Crippen LogP contribution >= 0.6 is 0 Å². The van der Waals surface area contributed by atoms with E-state index < -0.39 is 0 Å². The highest BCUT2D eigenvalue weighted by molar-refractivity contribution is 5.86. The van der Waals surface area contributed by atoms with Crippen LogP contribution in [0.2, 0.25) is 0 Å². The number of carbonyl (C=O) groups is 1.